The summed E-state index contributed by atoms with van der Waals surface area (Å²) in [6.07, 6.45) is 1.42. The quantitative estimate of drug-likeness (QED) is 0.882. The zero-order valence-corrected chi connectivity index (χ0v) is 11.5. The van der Waals surface area contributed by atoms with Crippen molar-refractivity contribution in [3.8, 4) is 0 Å². The van der Waals surface area contributed by atoms with Crippen molar-refractivity contribution in [3.63, 3.8) is 0 Å². The second kappa shape index (κ2) is 4.19. The van der Waals surface area contributed by atoms with E-state index >= 15 is 0 Å². The summed E-state index contributed by atoms with van der Waals surface area (Å²) in [5.74, 6) is 0.603. The van der Waals surface area contributed by atoms with Crippen LogP contribution >= 0.6 is 0 Å². The van der Waals surface area contributed by atoms with Gasteiger partial charge >= 0.3 is 0 Å². The molecule has 1 fully saturated rings. The molecule has 2 aromatic rings. The van der Waals surface area contributed by atoms with Gasteiger partial charge in [0.25, 0.3) is 0 Å². The van der Waals surface area contributed by atoms with Gasteiger partial charge in [-0.25, -0.2) is 18.4 Å². The number of nitrogens with zero attached hydrogens (tertiary/aromatic N) is 3. The maximum absolute atomic E-state index is 11.9. The number of pyridine rings is 1. The molecule has 0 bridgehead atoms. The van der Waals surface area contributed by atoms with E-state index < -0.39 is 9.84 Å². The first kappa shape index (κ1) is 12.4. The lowest BCUT2D eigenvalue weighted by atomic mass is 10.2. The molecule has 3 heterocycles. The molecule has 1 saturated heterocycles. The predicted molar refractivity (Wildman–Crippen MR) is 73.5 cm³/mol. The third-order valence-corrected chi connectivity index (χ3v) is 5.87. The molecule has 102 valence electrons. The lowest BCUT2D eigenvalue weighted by Crippen LogP contribution is -2.23. The van der Waals surface area contributed by atoms with Crippen LogP contribution in [0.4, 0.5) is 5.95 Å². The Balaban J connectivity index is 2.05. The van der Waals surface area contributed by atoms with Crippen LogP contribution < -0.4 is 5.73 Å². The maximum atomic E-state index is 11.9. The molecule has 6 nitrogen and oxygen atoms in total. The van der Waals surface area contributed by atoms with Crippen LogP contribution in [0.15, 0.2) is 12.1 Å². The Morgan fingerprint density at radius 1 is 1.42 bits per heavy atom. The predicted octanol–water partition coefficient (Wildman–Crippen LogP) is 0.899. The summed E-state index contributed by atoms with van der Waals surface area (Å²) in [5, 5.41) is -0.366. The minimum absolute atomic E-state index is 0.274. The second-order valence-corrected chi connectivity index (χ2v) is 7.41. The molecule has 0 aliphatic carbocycles. The molecular formula is C12H16N4O2S. The molecule has 2 aromatic heterocycles. The number of nitrogen functional groups attached to an aromatic ring is 1. The smallest absolute Gasteiger partial charge is 0.202 e. The Morgan fingerprint density at radius 3 is 2.89 bits per heavy atom. The molecule has 0 aromatic carbocycles. The summed E-state index contributed by atoms with van der Waals surface area (Å²) in [4.78, 5) is 8.64. The molecule has 1 aliphatic rings. The molecule has 1 unspecified atom stereocenters. The summed E-state index contributed by atoms with van der Waals surface area (Å²) < 4.78 is 25.5. The topological polar surface area (TPSA) is 90.9 Å². The Hall–Kier alpha value is -1.63. The van der Waals surface area contributed by atoms with Gasteiger partial charge in [-0.1, -0.05) is 0 Å². The van der Waals surface area contributed by atoms with Gasteiger partial charge in [-0.2, -0.15) is 0 Å². The molecule has 3 rings (SSSR count). The van der Waals surface area contributed by atoms with Crippen molar-refractivity contribution in [2.75, 3.05) is 11.5 Å². The van der Waals surface area contributed by atoms with E-state index in [2.05, 4.69) is 9.97 Å². The highest BCUT2D eigenvalue weighted by molar-refractivity contribution is 7.92. The minimum atomic E-state index is -2.99. The van der Waals surface area contributed by atoms with E-state index in [4.69, 9.17) is 5.73 Å². The number of hydrogen-bond acceptors (Lipinski definition) is 5. The van der Waals surface area contributed by atoms with Gasteiger partial charge in [0.05, 0.1) is 11.0 Å². The first-order valence-corrected chi connectivity index (χ1v) is 8.00. The fourth-order valence-electron chi connectivity index (χ4n) is 2.56. The van der Waals surface area contributed by atoms with E-state index in [0.29, 0.717) is 30.1 Å². The van der Waals surface area contributed by atoms with Gasteiger partial charge in [-0.3, -0.25) is 4.57 Å². The van der Waals surface area contributed by atoms with Gasteiger partial charge in [0.1, 0.15) is 5.52 Å². The molecule has 0 radical (unpaired) electrons. The van der Waals surface area contributed by atoms with Gasteiger partial charge in [0, 0.05) is 12.2 Å². The second-order valence-electron chi connectivity index (χ2n) is 5.01. The fraction of sp³-hybridized carbons (Fsp3) is 0.500. The largest absolute Gasteiger partial charge is 0.369 e. The van der Waals surface area contributed by atoms with Crippen LogP contribution in [0.3, 0.4) is 0 Å². The summed E-state index contributed by atoms with van der Waals surface area (Å²) in [7, 11) is -2.99. The van der Waals surface area contributed by atoms with Gasteiger partial charge in [0.15, 0.2) is 15.5 Å². The fourth-order valence-corrected chi connectivity index (χ4v) is 4.37. The number of sulfone groups is 1. The SMILES string of the molecule is Cc1ccc2nc(N)n(CC3CCCS3(=O)=O)c2n1. The number of anilines is 1. The Bertz CT molecular complexity index is 736. The number of hydrogen-bond donors (Lipinski definition) is 1. The number of fused-ring (bicyclic) bond motifs is 1. The van der Waals surface area contributed by atoms with Crippen LogP contribution in [-0.2, 0) is 16.4 Å². The average molecular weight is 280 g/mol. The third kappa shape index (κ3) is 2.07. The molecule has 0 saturated carbocycles. The summed E-state index contributed by atoms with van der Waals surface area (Å²) >= 11 is 0. The molecule has 2 N–H and O–H groups in total. The summed E-state index contributed by atoms with van der Waals surface area (Å²) in [6, 6.07) is 3.72. The Labute approximate surface area is 111 Å². The number of aryl methyl sites for hydroxylation is 1. The Kier molecular flexibility index (Phi) is 2.74. The highest BCUT2D eigenvalue weighted by Gasteiger charge is 2.32. The average Bonchev–Trinajstić information content (AvgIpc) is 2.82. The monoisotopic (exact) mass is 280 g/mol. The lowest BCUT2D eigenvalue weighted by Gasteiger charge is -2.11. The molecule has 0 amide bonds. The third-order valence-electron chi connectivity index (χ3n) is 3.61. The van der Waals surface area contributed by atoms with Gasteiger partial charge < -0.3 is 5.73 Å². The zero-order chi connectivity index (χ0) is 13.6. The van der Waals surface area contributed by atoms with Crippen LogP contribution in [0.25, 0.3) is 11.2 Å². The van der Waals surface area contributed by atoms with Crippen molar-refractivity contribution in [3.05, 3.63) is 17.8 Å². The first-order valence-electron chi connectivity index (χ1n) is 6.28. The van der Waals surface area contributed by atoms with Crippen LogP contribution in [0, 0.1) is 6.92 Å². The number of imidazole rings is 1. The van der Waals surface area contributed by atoms with Crippen LogP contribution in [0.1, 0.15) is 18.5 Å². The van der Waals surface area contributed by atoms with E-state index in [1.807, 2.05) is 19.1 Å². The van der Waals surface area contributed by atoms with Crippen molar-refractivity contribution >= 4 is 26.9 Å². The Morgan fingerprint density at radius 2 is 2.21 bits per heavy atom. The first-order chi connectivity index (χ1) is 8.97. The van der Waals surface area contributed by atoms with Crippen LogP contribution in [-0.4, -0.2) is 34.0 Å². The highest BCUT2D eigenvalue weighted by Crippen LogP contribution is 2.25. The molecule has 1 aliphatic heterocycles. The number of nitrogens with two attached hydrogens (primary N) is 1. The highest BCUT2D eigenvalue weighted by atomic mass is 32.2. The molecule has 0 spiro atoms. The van der Waals surface area contributed by atoms with E-state index in [-0.39, 0.29) is 11.0 Å². The minimum Gasteiger partial charge on any atom is -0.369 e. The molecule has 19 heavy (non-hydrogen) atoms. The van der Waals surface area contributed by atoms with Crippen molar-refractivity contribution in [2.24, 2.45) is 0 Å². The standard InChI is InChI=1S/C12H16N4O2S/c1-8-4-5-10-11(14-8)16(12(13)15-10)7-9-3-2-6-19(9,17)18/h4-5,9H,2-3,6-7H2,1H3,(H2,13,15). The van der Waals surface area contributed by atoms with Crippen molar-refractivity contribution in [1.29, 1.82) is 0 Å². The van der Waals surface area contributed by atoms with E-state index in [1.54, 1.807) is 4.57 Å². The van der Waals surface area contributed by atoms with Crippen molar-refractivity contribution in [2.45, 2.75) is 31.6 Å². The van der Waals surface area contributed by atoms with Crippen molar-refractivity contribution in [1.82, 2.24) is 14.5 Å². The maximum Gasteiger partial charge on any atom is 0.202 e. The van der Waals surface area contributed by atoms with E-state index in [0.717, 1.165) is 12.1 Å². The molecule has 7 heteroatoms. The van der Waals surface area contributed by atoms with Gasteiger partial charge in [0.2, 0.25) is 5.95 Å². The van der Waals surface area contributed by atoms with Crippen molar-refractivity contribution < 1.29 is 8.42 Å². The van der Waals surface area contributed by atoms with Crippen LogP contribution in [0.5, 0.6) is 0 Å². The molecule has 1 atom stereocenters. The van der Waals surface area contributed by atoms with E-state index in [9.17, 15) is 8.42 Å². The number of aromatic nitrogens is 3. The lowest BCUT2D eigenvalue weighted by molar-refractivity contribution is 0.570. The van der Waals surface area contributed by atoms with Gasteiger partial charge in [-0.15, -0.1) is 0 Å². The molecular weight excluding hydrogens is 264 g/mol. The zero-order valence-electron chi connectivity index (χ0n) is 10.7. The van der Waals surface area contributed by atoms with Gasteiger partial charge in [-0.05, 0) is 31.9 Å². The normalized spacial score (nSPS) is 22.1. The number of rotatable bonds is 2. The van der Waals surface area contributed by atoms with E-state index in [1.165, 1.54) is 0 Å². The van der Waals surface area contributed by atoms with Crippen LogP contribution in [0.2, 0.25) is 0 Å². The summed E-state index contributed by atoms with van der Waals surface area (Å²) in [5.41, 5.74) is 8.12. The summed E-state index contributed by atoms with van der Waals surface area (Å²) in [6.45, 7) is 2.24.